The van der Waals surface area contributed by atoms with Crippen LogP contribution in [0.3, 0.4) is 0 Å². The van der Waals surface area contributed by atoms with Gasteiger partial charge in [-0.3, -0.25) is 19.7 Å². The first-order chi connectivity index (χ1) is 11.3. The molecule has 1 aromatic carbocycles. The van der Waals surface area contributed by atoms with Crippen molar-refractivity contribution >= 4 is 11.6 Å². The number of aryl methyl sites for hydroxylation is 2. The molecule has 0 radical (unpaired) electrons. The fourth-order valence-corrected chi connectivity index (χ4v) is 2.59. The Bertz CT molecular complexity index is 842. The number of non-ortho nitro benzene ring substituents is 1. The molecule has 126 valence electrons. The summed E-state index contributed by atoms with van der Waals surface area (Å²) in [6, 6.07) is 7.87. The van der Waals surface area contributed by atoms with E-state index in [0.717, 1.165) is 0 Å². The van der Waals surface area contributed by atoms with Gasteiger partial charge in [-0.05, 0) is 38.0 Å². The molecule has 0 saturated heterocycles. The number of pyridine rings is 1. The molecule has 7 heteroatoms. The third kappa shape index (κ3) is 3.68. The quantitative estimate of drug-likeness (QED) is 0.673. The summed E-state index contributed by atoms with van der Waals surface area (Å²) in [6.45, 7) is 5.85. The summed E-state index contributed by atoms with van der Waals surface area (Å²) in [5.74, 6) is -0.386. The van der Waals surface area contributed by atoms with Gasteiger partial charge in [-0.1, -0.05) is 12.1 Å². The average Bonchev–Trinajstić information content (AvgIpc) is 2.51. The van der Waals surface area contributed by atoms with E-state index in [1.54, 1.807) is 39.0 Å². The van der Waals surface area contributed by atoms with Crippen molar-refractivity contribution in [1.29, 1.82) is 0 Å². The molecular weight excluding hydrogens is 310 g/mol. The van der Waals surface area contributed by atoms with Gasteiger partial charge in [0, 0.05) is 30.9 Å². The van der Waals surface area contributed by atoms with E-state index in [-0.39, 0.29) is 23.7 Å². The number of hydrogen-bond acceptors (Lipinski definition) is 4. The van der Waals surface area contributed by atoms with Gasteiger partial charge in [0.1, 0.15) is 5.56 Å². The van der Waals surface area contributed by atoms with Crippen molar-refractivity contribution < 1.29 is 9.72 Å². The number of amides is 1. The molecule has 0 spiro atoms. The van der Waals surface area contributed by atoms with Crippen molar-refractivity contribution in [3.8, 4) is 0 Å². The van der Waals surface area contributed by atoms with Gasteiger partial charge in [0.2, 0.25) is 0 Å². The average molecular weight is 329 g/mol. The zero-order chi connectivity index (χ0) is 17.9. The molecule has 0 atom stereocenters. The molecule has 2 aromatic rings. The topological polar surface area (TPSA) is 96.3 Å². The van der Waals surface area contributed by atoms with Gasteiger partial charge in [0.15, 0.2) is 0 Å². The third-order valence-electron chi connectivity index (χ3n) is 3.74. The Kier molecular flexibility index (Phi) is 5.13. The molecule has 2 rings (SSSR count). The smallest absolute Gasteiger partial charge is 0.269 e. The SMILES string of the molecule is CCN(Cc1cccc([N+](=O)[O-])c1)C(=O)c1c(C)cc(C)[nH]c1=O. The maximum atomic E-state index is 12.7. The molecule has 24 heavy (non-hydrogen) atoms. The first-order valence-electron chi connectivity index (χ1n) is 7.56. The monoisotopic (exact) mass is 329 g/mol. The normalized spacial score (nSPS) is 10.5. The van der Waals surface area contributed by atoms with Crippen molar-refractivity contribution in [1.82, 2.24) is 9.88 Å². The lowest BCUT2D eigenvalue weighted by Gasteiger charge is -2.21. The molecule has 1 N–H and O–H groups in total. The Hall–Kier alpha value is -2.96. The zero-order valence-corrected chi connectivity index (χ0v) is 13.8. The summed E-state index contributed by atoms with van der Waals surface area (Å²) in [7, 11) is 0. The van der Waals surface area contributed by atoms with Crippen LogP contribution in [-0.4, -0.2) is 27.3 Å². The highest BCUT2D eigenvalue weighted by Crippen LogP contribution is 2.16. The van der Waals surface area contributed by atoms with Crippen molar-refractivity contribution in [3.63, 3.8) is 0 Å². The number of hydrogen-bond donors (Lipinski definition) is 1. The van der Waals surface area contributed by atoms with Gasteiger partial charge in [0.05, 0.1) is 4.92 Å². The van der Waals surface area contributed by atoms with Gasteiger partial charge >= 0.3 is 0 Å². The highest BCUT2D eigenvalue weighted by atomic mass is 16.6. The lowest BCUT2D eigenvalue weighted by Crippen LogP contribution is -2.35. The largest absolute Gasteiger partial charge is 0.334 e. The number of benzene rings is 1. The second-order valence-corrected chi connectivity index (χ2v) is 5.59. The summed E-state index contributed by atoms with van der Waals surface area (Å²) in [5, 5.41) is 10.9. The fraction of sp³-hybridized carbons (Fsp3) is 0.294. The predicted molar refractivity (Wildman–Crippen MR) is 90.0 cm³/mol. The molecule has 0 fully saturated rings. The second-order valence-electron chi connectivity index (χ2n) is 5.59. The number of nitro groups is 1. The molecule has 0 aliphatic carbocycles. The van der Waals surface area contributed by atoms with Crippen LogP contribution < -0.4 is 5.56 Å². The minimum atomic E-state index is -0.476. The highest BCUT2D eigenvalue weighted by Gasteiger charge is 2.21. The molecule has 0 bridgehead atoms. The lowest BCUT2D eigenvalue weighted by atomic mass is 10.1. The zero-order valence-electron chi connectivity index (χ0n) is 13.8. The van der Waals surface area contributed by atoms with E-state index in [4.69, 9.17) is 0 Å². The van der Waals surface area contributed by atoms with Crippen LogP contribution >= 0.6 is 0 Å². The summed E-state index contributed by atoms with van der Waals surface area (Å²) in [4.78, 5) is 39.4. The Morgan fingerprint density at radius 3 is 2.58 bits per heavy atom. The number of nitro benzene ring substituents is 1. The molecule has 0 saturated carbocycles. The predicted octanol–water partition coefficient (Wildman–Crippen LogP) is 2.56. The number of nitrogens with one attached hydrogen (secondary N) is 1. The van der Waals surface area contributed by atoms with Crippen molar-refractivity contribution in [3.05, 3.63) is 73.2 Å². The molecular formula is C17H19N3O4. The van der Waals surface area contributed by atoms with E-state index >= 15 is 0 Å². The van der Waals surface area contributed by atoms with Crippen molar-refractivity contribution in [2.45, 2.75) is 27.3 Å². The number of carbonyl (C=O) groups excluding carboxylic acids is 1. The number of nitrogens with zero attached hydrogens (tertiary/aromatic N) is 2. The summed E-state index contributed by atoms with van der Waals surface area (Å²) >= 11 is 0. The minimum absolute atomic E-state index is 0.0274. The standard InChI is InChI=1S/C17H19N3O4/c1-4-19(10-13-6-5-7-14(9-13)20(23)24)17(22)15-11(2)8-12(3)18-16(15)21/h5-9H,4,10H2,1-3H3,(H,18,21). The Morgan fingerprint density at radius 1 is 1.29 bits per heavy atom. The molecule has 0 aliphatic heterocycles. The summed E-state index contributed by atoms with van der Waals surface area (Å²) in [6.07, 6.45) is 0. The van der Waals surface area contributed by atoms with Crippen LogP contribution in [0.5, 0.6) is 0 Å². The number of H-pyrrole nitrogens is 1. The molecule has 7 nitrogen and oxygen atoms in total. The maximum Gasteiger partial charge on any atom is 0.269 e. The molecule has 1 aromatic heterocycles. The van der Waals surface area contributed by atoms with Crippen LogP contribution in [0.25, 0.3) is 0 Å². The van der Waals surface area contributed by atoms with Crippen LogP contribution in [-0.2, 0) is 6.54 Å². The maximum absolute atomic E-state index is 12.7. The second kappa shape index (κ2) is 7.08. The van der Waals surface area contributed by atoms with Crippen LogP contribution in [0.4, 0.5) is 5.69 Å². The van der Waals surface area contributed by atoms with Gasteiger partial charge in [-0.2, -0.15) is 0 Å². The molecule has 1 heterocycles. The molecule has 0 unspecified atom stereocenters. The number of rotatable bonds is 5. The highest BCUT2D eigenvalue weighted by molar-refractivity contribution is 5.95. The Labute approximate surface area is 139 Å². The number of carbonyl (C=O) groups is 1. The van der Waals surface area contributed by atoms with E-state index in [0.29, 0.717) is 23.4 Å². The van der Waals surface area contributed by atoms with Crippen LogP contribution in [0.1, 0.15) is 34.1 Å². The number of aromatic nitrogens is 1. The van der Waals surface area contributed by atoms with Crippen LogP contribution in [0.2, 0.25) is 0 Å². The van der Waals surface area contributed by atoms with Crippen LogP contribution in [0, 0.1) is 24.0 Å². The van der Waals surface area contributed by atoms with Gasteiger partial charge in [-0.25, -0.2) is 0 Å². The Balaban J connectivity index is 2.32. The van der Waals surface area contributed by atoms with E-state index in [1.165, 1.54) is 17.0 Å². The van der Waals surface area contributed by atoms with Crippen molar-refractivity contribution in [2.24, 2.45) is 0 Å². The first-order valence-corrected chi connectivity index (χ1v) is 7.56. The van der Waals surface area contributed by atoms with E-state index in [2.05, 4.69) is 4.98 Å². The van der Waals surface area contributed by atoms with Gasteiger partial charge in [-0.15, -0.1) is 0 Å². The summed E-state index contributed by atoms with van der Waals surface area (Å²) in [5.41, 5.74) is 1.60. The molecule has 0 aliphatic rings. The number of aromatic amines is 1. The lowest BCUT2D eigenvalue weighted by molar-refractivity contribution is -0.384. The van der Waals surface area contributed by atoms with E-state index < -0.39 is 10.5 Å². The van der Waals surface area contributed by atoms with Crippen molar-refractivity contribution in [2.75, 3.05) is 6.54 Å². The fourth-order valence-electron chi connectivity index (χ4n) is 2.59. The van der Waals surface area contributed by atoms with E-state index in [1.807, 2.05) is 0 Å². The van der Waals surface area contributed by atoms with E-state index in [9.17, 15) is 19.7 Å². The Morgan fingerprint density at radius 2 is 2.00 bits per heavy atom. The minimum Gasteiger partial charge on any atom is -0.334 e. The van der Waals surface area contributed by atoms with Gasteiger partial charge in [0.25, 0.3) is 17.2 Å². The van der Waals surface area contributed by atoms with Gasteiger partial charge < -0.3 is 9.88 Å². The first kappa shape index (κ1) is 17.4. The molecule has 1 amide bonds. The van der Waals surface area contributed by atoms with Crippen LogP contribution in [0.15, 0.2) is 35.1 Å². The third-order valence-corrected chi connectivity index (χ3v) is 3.74. The summed E-state index contributed by atoms with van der Waals surface area (Å²) < 4.78 is 0.